The summed E-state index contributed by atoms with van der Waals surface area (Å²) in [5.74, 6) is 3.39. The normalized spacial score (nSPS) is 44.0. The molecule has 3 heteroatoms. The van der Waals surface area contributed by atoms with Crippen molar-refractivity contribution in [3.8, 4) is 0 Å². The number of hydrogen-bond donors (Lipinski definition) is 1. The van der Waals surface area contributed by atoms with Gasteiger partial charge >= 0.3 is 0 Å². The lowest BCUT2D eigenvalue weighted by Crippen LogP contribution is -2.59. The Labute approximate surface area is 172 Å². The fraction of sp³-hybridized carbons (Fsp3) is 0.840. The van der Waals surface area contributed by atoms with Gasteiger partial charge in [-0.15, -0.1) is 0 Å². The zero-order chi connectivity index (χ0) is 20.7. The lowest BCUT2D eigenvalue weighted by Gasteiger charge is -2.58. The summed E-state index contributed by atoms with van der Waals surface area (Å²) in [6, 6.07) is 0.297. The second-order valence-corrected chi connectivity index (χ2v) is 10.5. The maximum atomic E-state index is 12.9. The molecular formula is C25H41NO2. The summed E-state index contributed by atoms with van der Waals surface area (Å²) < 4.78 is 0. The molecule has 0 aromatic heterocycles. The predicted molar refractivity (Wildman–Crippen MR) is 115 cm³/mol. The van der Waals surface area contributed by atoms with Crippen LogP contribution >= 0.6 is 0 Å². The number of carbonyl (C=O) groups excluding carboxylic acids is 2. The number of amides is 1. The van der Waals surface area contributed by atoms with Crippen molar-refractivity contribution >= 4 is 11.7 Å². The summed E-state index contributed by atoms with van der Waals surface area (Å²) in [6.07, 6.45) is 11.7. The fourth-order valence-corrected chi connectivity index (χ4v) is 7.41. The molecule has 28 heavy (non-hydrogen) atoms. The molecule has 3 aliphatic carbocycles. The minimum absolute atomic E-state index is 0.0757. The Morgan fingerprint density at radius 2 is 1.82 bits per heavy atom. The lowest BCUT2D eigenvalue weighted by atomic mass is 9.47. The third-order valence-electron chi connectivity index (χ3n) is 8.68. The average Bonchev–Trinajstić information content (AvgIpc) is 3.01. The maximum absolute atomic E-state index is 12.9. The first-order valence-corrected chi connectivity index (χ1v) is 11.8. The smallest absolute Gasteiger partial charge is 0.243 e. The largest absolute Gasteiger partial charge is 0.349 e. The molecule has 7 unspecified atom stereocenters. The number of fused-ring (bicyclic) bond motifs is 5. The Bertz CT molecular complexity index is 638. The van der Waals surface area contributed by atoms with E-state index in [4.69, 9.17) is 0 Å². The third-order valence-corrected chi connectivity index (χ3v) is 8.68. The quantitative estimate of drug-likeness (QED) is 0.691. The van der Waals surface area contributed by atoms with Crippen LogP contribution in [0.25, 0.3) is 0 Å². The van der Waals surface area contributed by atoms with Gasteiger partial charge in [0, 0.05) is 23.8 Å². The molecule has 0 aromatic carbocycles. The van der Waals surface area contributed by atoms with E-state index in [1.54, 1.807) is 6.08 Å². The van der Waals surface area contributed by atoms with Crippen LogP contribution in [0.5, 0.6) is 0 Å². The Balaban J connectivity index is 0.00000109. The number of hydrogen-bond acceptors (Lipinski definition) is 2. The van der Waals surface area contributed by atoms with Crippen molar-refractivity contribution in [3.05, 3.63) is 12.2 Å². The molecule has 0 bridgehead atoms. The number of rotatable bonds is 3. The van der Waals surface area contributed by atoms with Gasteiger partial charge in [-0.05, 0) is 73.7 Å². The van der Waals surface area contributed by atoms with Crippen molar-refractivity contribution in [1.29, 1.82) is 0 Å². The van der Waals surface area contributed by atoms with Crippen LogP contribution in [0.2, 0.25) is 0 Å². The van der Waals surface area contributed by atoms with Gasteiger partial charge in [0.05, 0.1) is 0 Å². The minimum Gasteiger partial charge on any atom is -0.349 e. The molecule has 1 aliphatic heterocycles. The van der Waals surface area contributed by atoms with Gasteiger partial charge in [0.25, 0.3) is 0 Å². The highest BCUT2D eigenvalue weighted by atomic mass is 16.1. The van der Waals surface area contributed by atoms with Crippen LogP contribution in [0, 0.1) is 40.4 Å². The number of Topliss-reactive ketones (excluding diaryl/α,β-unsaturated/α-hetero) is 1. The molecule has 0 aromatic rings. The van der Waals surface area contributed by atoms with E-state index in [1.807, 2.05) is 13.8 Å². The molecule has 4 rings (SSSR count). The standard InChI is InChI=1S/C23H35NO2.C2H6/c1-14(2)13-19(25)18-7-6-16-15-5-8-20-23(4,12-10-21(26)24-20)17(15)9-11-22(16,18)3;1-2/h10,12,14-18,20H,5-9,11,13H2,1-4H3,(H,24,26);1-2H3. The highest BCUT2D eigenvalue weighted by Crippen LogP contribution is 2.65. The van der Waals surface area contributed by atoms with E-state index >= 15 is 0 Å². The molecule has 0 saturated heterocycles. The van der Waals surface area contributed by atoms with Crippen LogP contribution in [0.3, 0.4) is 0 Å². The monoisotopic (exact) mass is 387 g/mol. The Kier molecular flexibility index (Phi) is 6.13. The molecule has 158 valence electrons. The summed E-state index contributed by atoms with van der Waals surface area (Å²) in [5.41, 5.74) is 0.302. The van der Waals surface area contributed by atoms with Crippen LogP contribution in [-0.2, 0) is 9.59 Å². The van der Waals surface area contributed by atoms with Gasteiger partial charge in [-0.25, -0.2) is 0 Å². The zero-order valence-corrected chi connectivity index (χ0v) is 18.9. The first-order chi connectivity index (χ1) is 13.3. The summed E-state index contributed by atoms with van der Waals surface area (Å²) in [6.45, 7) is 13.1. The molecule has 4 aliphatic rings. The Morgan fingerprint density at radius 1 is 1.11 bits per heavy atom. The highest BCUT2D eigenvalue weighted by Gasteiger charge is 2.60. The number of ketones is 1. The Morgan fingerprint density at radius 3 is 2.50 bits per heavy atom. The second-order valence-electron chi connectivity index (χ2n) is 10.5. The van der Waals surface area contributed by atoms with Gasteiger partial charge in [0.1, 0.15) is 5.78 Å². The summed E-state index contributed by atoms with van der Waals surface area (Å²) in [7, 11) is 0. The van der Waals surface area contributed by atoms with Crippen molar-refractivity contribution in [2.45, 2.75) is 92.5 Å². The van der Waals surface area contributed by atoms with E-state index in [1.165, 1.54) is 25.7 Å². The van der Waals surface area contributed by atoms with Crippen LogP contribution in [0.4, 0.5) is 0 Å². The van der Waals surface area contributed by atoms with Crippen LogP contribution in [0.15, 0.2) is 12.2 Å². The molecule has 7 atom stereocenters. The van der Waals surface area contributed by atoms with Gasteiger partial charge in [-0.2, -0.15) is 0 Å². The molecule has 3 saturated carbocycles. The molecular weight excluding hydrogens is 346 g/mol. The topological polar surface area (TPSA) is 46.2 Å². The average molecular weight is 388 g/mol. The van der Waals surface area contributed by atoms with Crippen molar-refractivity contribution in [2.75, 3.05) is 0 Å². The minimum atomic E-state index is 0.0757. The van der Waals surface area contributed by atoms with Crippen LogP contribution in [-0.4, -0.2) is 17.7 Å². The van der Waals surface area contributed by atoms with E-state index in [0.717, 1.165) is 19.3 Å². The third kappa shape index (κ3) is 3.37. The summed E-state index contributed by atoms with van der Waals surface area (Å²) in [4.78, 5) is 24.8. The molecule has 3 nitrogen and oxygen atoms in total. The van der Waals surface area contributed by atoms with Crippen molar-refractivity contribution in [1.82, 2.24) is 5.32 Å². The van der Waals surface area contributed by atoms with E-state index in [9.17, 15) is 9.59 Å². The molecule has 1 heterocycles. The Hall–Kier alpha value is -1.12. The maximum Gasteiger partial charge on any atom is 0.243 e. The van der Waals surface area contributed by atoms with Crippen LogP contribution < -0.4 is 5.32 Å². The summed E-state index contributed by atoms with van der Waals surface area (Å²) in [5, 5.41) is 3.23. The van der Waals surface area contributed by atoms with Gasteiger partial charge in [0.2, 0.25) is 5.91 Å². The molecule has 0 radical (unpaired) electrons. The summed E-state index contributed by atoms with van der Waals surface area (Å²) >= 11 is 0. The first-order valence-electron chi connectivity index (χ1n) is 11.8. The van der Waals surface area contributed by atoms with Gasteiger partial charge in [0.15, 0.2) is 0 Å². The predicted octanol–water partition coefficient (Wildman–Crippen LogP) is 5.54. The molecule has 3 fully saturated rings. The fourth-order valence-electron chi connectivity index (χ4n) is 7.41. The van der Waals surface area contributed by atoms with E-state index < -0.39 is 0 Å². The van der Waals surface area contributed by atoms with Crippen molar-refractivity contribution in [2.24, 2.45) is 40.4 Å². The van der Waals surface area contributed by atoms with E-state index in [-0.39, 0.29) is 22.7 Å². The number of carbonyl (C=O) groups is 2. The van der Waals surface area contributed by atoms with E-state index in [0.29, 0.717) is 35.5 Å². The van der Waals surface area contributed by atoms with Gasteiger partial charge in [-0.3, -0.25) is 9.59 Å². The van der Waals surface area contributed by atoms with Crippen LogP contribution in [0.1, 0.15) is 86.5 Å². The van der Waals surface area contributed by atoms with Gasteiger partial charge < -0.3 is 5.32 Å². The second kappa shape index (κ2) is 7.95. The zero-order valence-electron chi connectivity index (χ0n) is 18.9. The van der Waals surface area contributed by atoms with Crippen molar-refractivity contribution < 1.29 is 9.59 Å². The molecule has 1 N–H and O–H groups in total. The van der Waals surface area contributed by atoms with Crippen molar-refractivity contribution in [3.63, 3.8) is 0 Å². The number of nitrogens with one attached hydrogen (secondary N) is 1. The lowest BCUT2D eigenvalue weighted by molar-refractivity contribution is -0.132. The van der Waals surface area contributed by atoms with Gasteiger partial charge in [-0.1, -0.05) is 47.6 Å². The molecule has 1 amide bonds. The highest BCUT2D eigenvalue weighted by molar-refractivity contribution is 5.89. The first kappa shape index (κ1) is 21.6. The molecule has 0 spiro atoms. The van der Waals surface area contributed by atoms with E-state index in [2.05, 4.69) is 39.1 Å². The SMILES string of the molecule is CC.CC(C)CC(=O)C1CCC2C3CCC4NC(=O)C=CC4(C)C3CCC12C.